The molecule has 1 saturated heterocycles. The predicted molar refractivity (Wildman–Crippen MR) is 80.0 cm³/mol. The number of carbonyl (C=O) groups excluding carboxylic acids is 1. The van der Waals surface area contributed by atoms with E-state index in [9.17, 15) is 4.79 Å². The van der Waals surface area contributed by atoms with E-state index < -0.39 is 0 Å². The van der Waals surface area contributed by atoms with Gasteiger partial charge < -0.3 is 15.8 Å². The molecule has 0 aromatic heterocycles. The Balaban J connectivity index is 1.96. The Hall–Kier alpha value is -1.75. The SMILES string of the molecule is COc1c(N)cccc1C(=O)NCC(C)N1CCCC1. The molecule has 0 bridgehead atoms. The normalized spacial score (nSPS) is 16.9. The number of methoxy groups -OCH3 is 1. The molecule has 3 N–H and O–H groups in total. The first kappa shape index (κ1) is 14.7. The number of nitrogens with one attached hydrogen (secondary N) is 1. The van der Waals surface area contributed by atoms with Crippen molar-refractivity contribution >= 4 is 11.6 Å². The molecule has 1 amide bonds. The number of nitrogens with zero attached hydrogens (tertiary/aromatic N) is 1. The van der Waals surface area contributed by atoms with E-state index in [1.807, 2.05) is 0 Å². The zero-order chi connectivity index (χ0) is 14.5. The van der Waals surface area contributed by atoms with E-state index in [0.29, 0.717) is 29.6 Å². The van der Waals surface area contributed by atoms with Gasteiger partial charge in [0, 0.05) is 12.6 Å². The zero-order valence-electron chi connectivity index (χ0n) is 12.2. The lowest BCUT2D eigenvalue weighted by atomic mass is 10.1. The van der Waals surface area contributed by atoms with Crippen LogP contribution in [0.25, 0.3) is 0 Å². The van der Waals surface area contributed by atoms with Crippen LogP contribution >= 0.6 is 0 Å². The molecular weight excluding hydrogens is 254 g/mol. The molecule has 1 atom stereocenters. The quantitative estimate of drug-likeness (QED) is 0.800. The largest absolute Gasteiger partial charge is 0.494 e. The Bertz CT molecular complexity index is 470. The monoisotopic (exact) mass is 277 g/mol. The molecule has 1 aromatic carbocycles. The Morgan fingerprint density at radius 2 is 2.15 bits per heavy atom. The van der Waals surface area contributed by atoms with Crippen molar-refractivity contribution < 1.29 is 9.53 Å². The Labute approximate surface area is 120 Å². The molecule has 1 fully saturated rings. The number of benzene rings is 1. The molecule has 1 aliphatic heterocycles. The number of ether oxygens (including phenoxy) is 1. The number of rotatable bonds is 5. The summed E-state index contributed by atoms with van der Waals surface area (Å²) in [5.74, 6) is 0.305. The van der Waals surface area contributed by atoms with Crippen molar-refractivity contribution in [3.63, 3.8) is 0 Å². The van der Waals surface area contributed by atoms with Gasteiger partial charge in [0.25, 0.3) is 5.91 Å². The van der Waals surface area contributed by atoms with Crippen LogP contribution in [-0.4, -0.2) is 43.6 Å². The number of likely N-dealkylation sites (tertiary alicyclic amines) is 1. The molecule has 5 heteroatoms. The molecule has 5 nitrogen and oxygen atoms in total. The fraction of sp³-hybridized carbons (Fsp3) is 0.533. The molecule has 0 aliphatic carbocycles. The third-order valence-electron chi connectivity index (χ3n) is 3.82. The summed E-state index contributed by atoms with van der Waals surface area (Å²) in [5.41, 5.74) is 6.78. The van der Waals surface area contributed by atoms with Crippen molar-refractivity contribution in [1.82, 2.24) is 10.2 Å². The van der Waals surface area contributed by atoms with Crippen LogP contribution in [0.15, 0.2) is 18.2 Å². The number of hydrogen-bond donors (Lipinski definition) is 2. The molecule has 110 valence electrons. The number of hydrogen-bond acceptors (Lipinski definition) is 4. The minimum Gasteiger partial charge on any atom is -0.494 e. The third kappa shape index (κ3) is 3.22. The second-order valence-electron chi connectivity index (χ2n) is 5.23. The van der Waals surface area contributed by atoms with E-state index in [4.69, 9.17) is 10.5 Å². The number of nitrogen functional groups attached to an aromatic ring is 1. The molecule has 1 unspecified atom stereocenters. The van der Waals surface area contributed by atoms with E-state index in [-0.39, 0.29) is 5.91 Å². The molecule has 1 aromatic rings. The summed E-state index contributed by atoms with van der Waals surface area (Å²) in [7, 11) is 1.52. The molecule has 1 aliphatic rings. The van der Waals surface area contributed by atoms with Crippen LogP contribution in [0, 0.1) is 0 Å². The first-order chi connectivity index (χ1) is 9.63. The first-order valence-corrected chi connectivity index (χ1v) is 7.08. The molecular formula is C15H23N3O2. The van der Waals surface area contributed by atoms with Gasteiger partial charge in [0.1, 0.15) is 0 Å². The highest BCUT2D eigenvalue weighted by Gasteiger charge is 2.20. The predicted octanol–water partition coefficient (Wildman–Crippen LogP) is 1.49. The van der Waals surface area contributed by atoms with Gasteiger partial charge in [-0.1, -0.05) is 6.07 Å². The fourth-order valence-corrected chi connectivity index (χ4v) is 2.61. The van der Waals surface area contributed by atoms with Gasteiger partial charge in [-0.25, -0.2) is 0 Å². The lowest BCUT2D eigenvalue weighted by Gasteiger charge is -2.24. The van der Waals surface area contributed by atoms with Crippen molar-refractivity contribution in [2.75, 3.05) is 32.5 Å². The maximum absolute atomic E-state index is 12.2. The number of amides is 1. The number of carbonyl (C=O) groups is 1. The highest BCUT2D eigenvalue weighted by atomic mass is 16.5. The lowest BCUT2D eigenvalue weighted by molar-refractivity contribution is 0.0937. The molecule has 0 radical (unpaired) electrons. The highest BCUT2D eigenvalue weighted by Crippen LogP contribution is 2.25. The van der Waals surface area contributed by atoms with Gasteiger partial charge in [0.05, 0.1) is 18.4 Å². The topological polar surface area (TPSA) is 67.6 Å². The first-order valence-electron chi connectivity index (χ1n) is 7.08. The van der Waals surface area contributed by atoms with Crippen LogP contribution in [-0.2, 0) is 0 Å². The summed E-state index contributed by atoms with van der Waals surface area (Å²) in [4.78, 5) is 14.6. The molecule has 20 heavy (non-hydrogen) atoms. The Morgan fingerprint density at radius 1 is 1.45 bits per heavy atom. The van der Waals surface area contributed by atoms with E-state index in [0.717, 1.165) is 13.1 Å². The van der Waals surface area contributed by atoms with E-state index in [2.05, 4.69) is 17.1 Å². The highest BCUT2D eigenvalue weighted by molar-refractivity contribution is 5.98. The number of para-hydroxylation sites is 1. The summed E-state index contributed by atoms with van der Waals surface area (Å²) in [6.07, 6.45) is 2.50. The van der Waals surface area contributed by atoms with Gasteiger partial charge in [-0.05, 0) is 45.0 Å². The summed E-state index contributed by atoms with van der Waals surface area (Å²) < 4.78 is 5.21. The average Bonchev–Trinajstić information content (AvgIpc) is 2.98. The maximum Gasteiger partial charge on any atom is 0.255 e. The van der Waals surface area contributed by atoms with Crippen molar-refractivity contribution in [2.45, 2.75) is 25.8 Å². The standard InChI is InChI=1S/C15H23N3O2/c1-11(18-8-3-4-9-18)10-17-15(19)12-6-5-7-13(16)14(12)20-2/h5-7,11H,3-4,8-10,16H2,1-2H3,(H,17,19). The van der Waals surface area contributed by atoms with Gasteiger partial charge in [0.15, 0.2) is 5.75 Å². The summed E-state index contributed by atoms with van der Waals surface area (Å²) in [6, 6.07) is 5.57. The van der Waals surface area contributed by atoms with E-state index >= 15 is 0 Å². The minimum absolute atomic E-state index is 0.139. The van der Waals surface area contributed by atoms with Gasteiger partial charge in [-0.15, -0.1) is 0 Å². The van der Waals surface area contributed by atoms with Crippen molar-refractivity contribution in [3.05, 3.63) is 23.8 Å². The second kappa shape index (κ2) is 6.61. The van der Waals surface area contributed by atoms with Crippen LogP contribution in [0.1, 0.15) is 30.1 Å². The minimum atomic E-state index is -0.139. The van der Waals surface area contributed by atoms with Gasteiger partial charge in [-0.3, -0.25) is 9.69 Å². The average molecular weight is 277 g/mol. The van der Waals surface area contributed by atoms with Crippen molar-refractivity contribution in [1.29, 1.82) is 0 Å². The van der Waals surface area contributed by atoms with Crippen molar-refractivity contribution in [2.24, 2.45) is 0 Å². The molecule has 0 spiro atoms. The molecule has 0 saturated carbocycles. The fourth-order valence-electron chi connectivity index (χ4n) is 2.61. The van der Waals surface area contributed by atoms with Crippen molar-refractivity contribution in [3.8, 4) is 5.75 Å². The van der Waals surface area contributed by atoms with Gasteiger partial charge in [-0.2, -0.15) is 0 Å². The molecule has 1 heterocycles. The summed E-state index contributed by atoms with van der Waals surface area (Å²) >= 11 is 0. The zero-order valence-corrected chi connectivity index (χ0v) is 12.2. The third-order valence-corrected chi connectivity index (χ3v) is 3.82. The van der Waals surface area contributed by atoms with Crippen LogP contribution in [0.3, 0.4) is 0 Å². The van der Waals surface area contributed by atoms with Crippen LogP contribution < -0.4 is 15.8 Å². The number of anilines is 1. The van der Waals surface area contributed by atoms with Gasteiger partial charge >= 0.3 is 0 Å². The molecule has 2 rings (SSSR count). The van der Waals surface area contributed by atoms with Crippen LogP contribution in [0.2, 0.25) is 0 Å². The summed E-state index contributed by atoms with van der Waals surface area (Å²) in [5, 5.41) is 2.96. The summed E-state index contributed by atoms with van der Waals surface area (Å²) in [6.45, 7) is 5.02. The lowest BCUT2D eigenvalue weighted by Crippen LogP contribution is -2.40. The van der Waals surface area contributed by atoms with E-state index in [1.54, 1.807) is 18.2 Å². The van der Waals surface area contributed by atoms with Crippen LogP contribution in [0.4, 0.5) is 5.69 Å². The Morgan fingerprint density at radius 3 is 2.80 bits per heavy atom. The van der Waals surface area contributed by atoms with Crippen LogP contribution in [0.5, 0.6) is 5.75 Å². The Kier molecular flexibility index (Phi) is 4.84. The van der Waals surface area contributed by atoms with E-state index in [1.165, 1.54) is 20.0 Å². The number of nitrogens with two attached hydrogens (primary N) is 1. The maximum atomic E-state index is 12.2. The smallest absolute Gasteiger partial charge is 0.255 e. The second-order valence-corrected chi connectivity index (χ2v) is 5.23. The van der Waals surface area contributed by atoms with Gasteiger partial charge in [0.2, 0.25) is 0 Å².